The van der Waals surface area contributed by atoms with Gasteiger partial charge >= 0.3 is 0 Å². The maximum Gasteiger partial charge on any atom is 0.135 e. The van der Waals surface area contributed by atoms with Gasteiger partial charge in [0.2, 0.25) is 0 Å². The highest BCUT2D eigenvalue weighted by molar-refractivity contribution is 6.08. The molecule has 0 amide bonds. The average Bonchev–Trinajstić information content (AvgIpc) is 4.41. The van der Waals surface area contributed by atoms with Crippen molar-refractivity contribution in [3.63, 3.8) is 0 Å². The van der Waals surface area contributed by atoms with Crippen LogP contribution in [0, 0.1) is 0 Å². The van der Waals surface area contributed by atoms with Crippen LogP contribution >= 0.6 is 0 Å². The van der Waals surface area contributed by atoms with Crippen LogP contribution in [0.15, 0.2) is 288 Å². The molecule has 0 radical (unpaired) electrons. The van der Waals surface area contributed by atoms with Crippen molar-refractivity contribution in [1.29, 1.82) is 0 Å². The zero-order chi connectivity index (χ0) is 50.6. The number of nitrogens with zero attached hydrogens (tertiary/aromatic N) is 2. The second-order valence-electron chi connectivity index (χ2n) is 20.4. The second-order valence-corrected chi connectivity index (χ2v) is 20.4. The van der Waals surface area contributed by atoms with Crippen LogP contribution in [0.2, 0.25) is 0 Å². The molecule has 4 heteroatoms. The van der Waals surface area contributed by atoms with Crippen molar-refractivity contribution in [2.75, 3.05) is 9.80 Å². The Morgan fingerprint density at radius 3 is 1.00 bits per heavy atom. The zero-order valence-electron chi connectivity index (χ0n) is 41.8. The first-order valence-corrected chi connectivity index (χ1v) is 26.4. The van der Waals surface area contributed by atoms with Gasteiger partial charge in [-0.1, -0.05) is 182 Å². The Labute approximate surface area is 445 Å². The number of anilines is 6. The van der Waals surface area contributed by atoms with E-state index in [1.165, 1.54) is 66.8 Å². The molecule has 360 valence electrons. The lowest BCUT2D eigenvalue weighted by Crippen LogP contribution is -2.26. The van der Waals surface area contributed by atoms with Crippen LogP contribution < -0.4 is 9.80 Å². The highest BCUT2D eigenvalue weighted by atomic mass is 16.3. The van der Waals surface area contributed by atoms with Gasteiger partial charge in [-0.3, -0.25) is 0 Å². The summed E-state index contributed by atoms with van der Waals surface area (Å²) in [6.07, 6.45) is 0. The molecule has 14 aromatic rings. The Kier molecular flexibility index (Phi) is 9.52. The topological polar surface area (TPSA) is 32.8 Å². The fourth-order valence-electron chi connectivity index (χ4n) is 12.9. The minimum absolute atomic E-state index is 0.553. The third-order valence-corrected chi connectivity index (χ3v) is 16.3. The SMILES string of the molecule is c1ccc(-c2ccc(N(c3ccc4c(c3)-c3cc(N(c5ccc(-c6ccccc6)cc5)c5ccc6oc7ccccc7c6c5)ccc3C43c4ccccc4-c4ccccc43)c3ccc4oc5ccccc5c4c3)cc2)cc1. The summed E-state index contributed by atoms with van der Waals surface area (Å²) in [7, 11) is 0. The van der Waals surface area contributed by atoms with Gasteiger partial charge in [0, 0.05) is 55.7 Å². The Balaban J connectivity index is 0.932. The first-order valence-electron chi connectivity index (χ1n) is 26.4. The lowest BCUT2D eigenvalue weighted by molar-refractivity contribution is 0.668. The van der Waals surface area contributed by atoms with Crippen LogP contribution in [-0.2, 0) is 5.41 Å². The molecule has 1 spiro atoms. The molecule has 2 heterocycles. The lowest BCUT2D eigenvalue weighted by atomic mass is 9.70. The minimum atomic E-state index is -0.553. The average molecular weight is 983 g/mol. The molecule has 0 N–H and O–H groups in total. The molecule has 4 nitrogen and oxygen atoms in total. The van der Waals surface area contributed by atoms with Crippen molar-refractivity contribution < 1.29 is 8.83 Å². The fourth-order valence-corrected chi connectivity index (χ4v) is 12.9. The molecule has 0 atom stereocenters. The number of fused-ring (bicyclic) bond motifs is 16. The van der Waals surface area contributed by atoms with E-state index in [1.54, 1.807) is 0 Å². The van der Waals surface area contributed by atoms with E-state index in [0.29, 0.717) is 0 Å². The van der Waals surface area contributed by atoms with Crippen molar-refractivity contribution >= 4 is 78.0 Å². The zero-order valence-corrected chi connectivity index (χ0v) is 41.8. The van der Waals surface area contributed by atoms with E-state index in [4.69, 9.17) is 8.83 Å². The van der Waals surface area contributed by atoms with E-state index < -0.39 is 5.41 Å². The maximum atomic E-state index is 6.40. The van der Waals surface area contributed by atoms with E-state index in [9.17, 15) is 0 Å². The third-order valence-electron chi connectivity index (χ3n) is 16.3. The molecule has 0 saturated carbocycles. The van der Waals surface area contributed by atoms with Gasteiger partial charge in [0.05, 0.1) is 5.41 Å². The van der Waals surface area contributed by atoms with Gasteiger partial charge in [-0.25, -0.2) is 0 Å². The van der Waals surface area contributed by atoms with Crippen molar-refractivity contribution in [2.45, 2.75) is 5.41 Å². The van der Waals surface area contributed by atoms with Crippen LogP contribution in [-0.4, -0.2) is 0 Å². The Morgan fingerprint density at radius 2 is 0.545 bits per heavy atom. The molecule has 16 rings (SSSR count). The summed E-state index contributed by atoms with van der Waals surface area (Å²) >= 11 is 0. The van der Waals surface area contributed by atoms with Crippen LogP contribution in [0.3, 0.4) is 0 Å². The van der Waals surface area contributed by atoms with Crippen LogP contribution in [0.25, 0.3) is 88.4 Å². The van der Waals surface area contributed by atoms with Crippen molar-refractivity contribution in [3.8, 4) is 44.5 Å². The normalized spacial score (nSPS) is 12.8. The highest BCUT2D eigenvalue weighted by Crippen LogP contribution is 2.64. The summed E-state index contributed by atoms with van der Waals surface area (Å²) in [5.41, 5.74) is 24.0. The Morgan fingerprint density at radius 1 is 0.221 bits per heavy atom. The Hall–Kier alpha value is -10.2. The molecule has 2 aliphatic carbocycles. The molecule has 0 bridgehead atoms. The largest absolute Gasteiger partial charge is 0.456 e. The summed E-state index contributed by atoms with van der Waals surface area (Å²) in [6, 6.07) is 102. The Bertz CT molecular complexity index is 4330. The van der Waals surface area contributed by atoms with Gasteiger partial charge < -0.3 is 18.6 Å². The molecule has 2 aliphatic rings. The van der Waals surface area contributed by atoms with E-state index in [-0.39, 0.29) is 0 Å². The molecule has 0 unspecified atom stereocenters. The summed E-state index contributed by atoms with van der Waals surface area (Å²) < 4.78 is 12.8. The van der Waals surface area contributed by atoms with Gasteiger partial charge in [-0.05, 0) is 164 Å². The van der Waals surface area contributed by atoms with Crippen molar-refractivity contribution in [3.05, 3.63) is 301 Å². The highest BCUT2D eigenvalue weighted by Gasteiger charge is 2.52. The van der Waals surface area contributed by atoms with Gasteiger partial charge in [0.1, 0.15) is 22.3 Å². The molecule has 12 aromatic carbocycles. The maximum absolute atomic E-state index is 6.40. The number of rotatable bonds is 8. The van der Waals surface area contributed by atoms with Gasteiger partial charge in [0.15, 0.2) is 0 Å². The van der Waals surface area contributed by atoms with Crippen LogP contribution in [0.1, 0.15) is 22.3 Å². The van der Waals surface area contributed by atoms with E-state index >= 15 is 0 Å². The molecular formula is C73H46N2O2. The summed E-state index contributed by atoms with van der Waals surface area (Å²) in [4.78, 5) is 4.82. The summed E-state index contributed by atoms with van der Waals surface area (Å²) in [5, 5.41) is 4.35. The number of furan rings is 2. The molecule has 0 saturated heterocycles. The summed E-state index contributed by atoms with van der Waals surface area (Å²) in [6.45, 7) is 0. The van der Waals surface area contributed by atoms with E-state index in [0.717, 1.165) is 78.0 Å². The van der Waals surface area contributed by atoms with Crippen LogP contribution in [0.5, 0.6) is 0 Å². The van der Waals surface area contributed by atoms with E-state index in [1.807, 2.05) is 12.1 Å². The summed E-state index contributed by atoms with van der Waals surface area (Å²) in [5.74, 6) is 0. The molecule has 0 aliphatic heterocycles. The minimum Gasteiger partial charge on any atom is -0.456 e. The quantitative estimate of drug-likeness (QED) is 0.152. The van der Waals surface area contributed by atoms with Gasteiger partial charge in [-0.2, -0.15) is 0 Å². The number of hydrogen-bond donors (Lipinski definition) is 0. The van der Waals surface area contributed by atoms with Crippen molar-refractivity contribution in [2.24, 2.45) is 0 Å². The monoisotopic (exact) mass is 982 g/mol. The predicted molar refractivity (Wildman–Crippen MR) is 318 cm³/mol. The first-order chi connectivity index (χ1) is 38.2. The van der Waals surface area contributed by atoms with E-state index in [2.05, 4.69) is 277 Å². The molecule has 0 fully saturated rings. The fraction of sp³-hybridized carbons (Fsp3) is 0.0137. The molecule has 77 heavy (non-hydrogen) atoms. The standard InChI is InChI=1S/C73H46N2O2/c1-3-15-47(16-4-1)49-27-31-51(32-28-49)74(55-37-41-71-63(45-55)59-21-9-13-25-69(59)76-71)53-35-39-67-61(43-53)62-44-54(36-40-68(62)73(67)65-23-11-7-19-57(65)58-20-8-12-24-66(58)73)75(52-33-29-50(30-34-52)48-17-5-2-6-18-48)56-38-42-72-64(46-56)60-22-10-14-26-70(60)77-72/h1-46H. The third kappa shape index (κ3) is 6.59. The van der Waals surface area contributed by atoms with Gasteiger partial charge in [-0.15, -0.1) is 0 Å². The van der Waals surface area contributed by atoms with Crippen LogP contribution in [0.4, 0.5) is 34.1 Å². The number of para-hydroxylation sites is 2. The van der Waals surface area contributed by atoms with Crippen molar-refractivity contribution in [1.82, 2.24) is 0 Å². The molecular weight excluding hydrogens is 937 g/mol. The molecule has 2 aromatic heterocycles. The smallest absolute Gasteiger partial charge is 0.135 e. The first kappa shape index (κ1) is 43.3. The number of benzene rings is 12. The predicted octanol–water partition coefficient (Wildman–Crippen LogP) is 20.1. The number of hydrogen-bond acceptors (Lipinski definition) is 4. The lowest BCUT2D eigenvalue weighted by Gasteiger charge is -2.31. The second kappa shape index (κ2) is 16.9. The van der Waals surface area contributed by atoms with Gasteiger partial charge in [0.25, 0.3) is 0 Å².